The van der Waals surface area contributed by atoms with Crippen LogP contribution in [-0.4, -0.2) is 34.6 Å². The number of nitrogens with zero attached hydrogens (tertiary/aromatic N) is 2. The van der Waals surface area contributed by atoms with Crippen molar-refractivity contribution in [3.05, 3.63) is 62.5 Å². The molecule has 0 bridgehead atoms. The van der Waals surface area contributed by atoms with Crippen molar-refractivity contribution >= 4 is 21.8 Å². The summed E-state index contributed by atoms with van der Waals surface area (Å²) < 4.78 is 8.81. The van der Waals surface area contributed by atoms with E-state index in [4.69, 9.17) is 4.74 Å². The largest absolute Gasteiger partial charge is 0.486 e. The predicted octanol–water partition coefficient (Wildman–Crippen LogP) is 3.48. The van der Waals surface area contributed by atoms with Gasteiger partial charge in [0.05, 0.1) is 13.1 Å². The van der Waals surface area contributed by atoms with Gasteiger partial charge in [0, 0.05) is 28.7 Å². The molecular formula is C21H23BrN2O3. The number of likely N-dealkylation sites (tertiary alicyclic amines) is 1. The minimum absolute atomic E-state index is 0.00759. The standard InChI is InChI=1S/C21H23BrN2O3/c1-14-10-17(11-21(26)24(14)16-7-8-16)27-18-12-23(13-18)20(25)9-6-15-4-2-3-5-19(15)22/h2-5,10-11,16,18H,6-9,12-13H2,1H3. The average molecular weight is 431 g/mol. The minimum atomic E-state index is -0.0343. The number of aryl methyl sites for hydroxylation is 2. The molecule has 142 valence electrons. The van der Waals surface area contributed by atoms with Crippen LogP contribution in [0.2, 0.25) is 0 Å². The van der Waals surface area contributed by atoms with Crippen LogP contribution in [0.5, 0.6) is 5.75 Å². The topological polar surface area (TPSA) is 51.5 Å². The summed E-state index contributed by atoms with van der Waals surface area (Å²) in [6.45, 7) is 3.12. The molecule has 0 spiro atoms. The summed E-state index contributed by atoms with van der Waals surface area (Å²) in [6.07, 6.45) is 3.35. The molecule has 0 atom stereocenters. The number of pyridine rings is 1. The third-order valence-corrected chi connectivity index (χ3v) is 5.99. The molecule has 1 aromatic carbocycles. The van der Waals surface area contributed by atoms with Crippen LogP contribution in [0.15, 0.2) is 45.7 Å². The Balaban J connectivity index is 1.28. The number of carbonyl (C=O) groups excluding carboxylic acids is 1. The monoisotopic (exact) mass is 430 g/mol. The highest BCUT2D eigenvalue weighted by atomic mass is 79.9. The van der Waals surface area contributed by atoms with Crippen LogP contribution in [0.3, 0.4) is 0 Å². The Labute approximate surface area is 167 Å². The third kappa shape index (κ3) is 4.10. The average Bonchev–Trinajstić information content (AvgIpc) is 3.41. The zero-order valence-corrected chi connectivity index (χ0v) is 16.9. The molecule has 0 N–H and O–H groups in total. The fourth-order valence-electron chi connectivity index (χ4n) is 3.56. The number of hydrogen-bond donors (Lipinski definition) is 0. The van der Waals surface area contributed by atoms with Crippen molar-refractivity contribution in [1.29, 1.82) is 0 Å². The molecule has 1 aromatic heterocycles. The molecule has 5 nitrogen and oxygen atoms in total. The smallest absolute Gasteiger partial charge is 0.254 e. The molecule has 1 amide bonds. The Bertz CT molecular complexity index is 914. The summed E-state index contributed by atoms with van der Waals surface area (Å²) in [7, 11) is 0. The van der Waals surface area contributed by atoms with E-state index < -0.39 is 0 Å². The van der Waals surface area contributed by atoms with Crippen LogP contribution >= 0.6 is 15.9 Å². The summed E-state index contributed by atoms with van der Waals surface area (Å²) in [6, 6.07) is 11.8. The lowest BCUT2D eigenvalue weighted by atomic mass is 10.1. The van der Waals surface area contributed by atoms with E-state index in [1.165, 1.54) is 0 Å². The van der Waals surface area contributed by atoms with Crippen LogP contribution < -0.4 is 10.3 Å². The number of halogens is 1. The second-order valence-electron chi connectivity index (χ2n) is 7.40. The van der Waals surface area contributed by atoms with Gasteiger partial charge in [-0.2, -0.15) is 0 Å². The van der Waals surface area contributed by atoms with E-state index in [0.29, 0.717) is 31.3 Å². The SMILES string of the molecule is Cc1cc(OC2CN(C(=O)CCc3ccccc3Br)C2)cc(=O)n1C1CC1. The molecular weight excluding hydrogens is 408 g/mol. The molecule has 2 aromatic rings. The fourth-order valence-corrected chi connectivity index (χ4v) is 4.04. The van der Waals surface area contributed by atoms with Gasteiger partial charge in [-0.15, -0.1) is 0 Å². The van der Waals surface area contributed by atoms with Crippen LogP contribution in [0, 0.1) is 6.92 Å². The molecule has 0 unspecified atom stereocenters. The second kappa shape index (κ2) is 7.50. The summed E-state index contributed by atoms with van der Waals surface area (Å²) >= 11 is 3.52. The highest BCUT2D eigenvalue weighted by Crippen LogP contribution is 2.35. The van der Waals surface area contributed by atoms with Gasteiger partial charge in [-0.05, 0) is 43.9 Å². The van der Waals surface area contributed by atoms with E-state index >= 15 is 0 Å². The van der Waals surface area contributed by atoms with Crippen LogP contribution in [0.25, 0.3) is 0 Å². The van der Waals surface area contributed by atoms with E-state index in [1.54, 1.807) is 6.07 Å². The molecule has 0 radical (unpaired) electrons. The van der Waals surface area contributed by atoms with Crippen molar-refractivity contribution in [2.75, 3.05) is 13.1 Å². The van der Waals surface area contributed by atoms with Crippen molar-refractivity contribution in [2.24, 2.45) is 0 Å². The van der Waals surface area contributed by atoms with Crippen LogP contribution in [-0.2, 0) is 11.2 Å². The zero-order chi connectivity index (χ0) is 19.0. The number of hydrogen-bond acceptors (Lipinski definition) is 3. The van der Waals surface area contributed by atoms with Crippen molar-refractivity contribution in [2.45, 2.75) is 44.8 Å². The number of amides is 1. The second-order valence-corrected chi connectivity index (χ2v) is 8.26. The maximum absolute atomic E-state index is 12.3. The fraction of sp³-hybridized carbons (Fsp3) is 0.429. The first-order valence-electron chi connectivity index (χ1n) is 9.42. The lowest BCUT2D eigenvalue weighted by Gasteiger charge is -2.39. The molecule has 1 saturated carbocycles. The molecule has 27 heavy (non-hydrogen) atoms. The molecule has 2 fully saturated rings. The van der Waals surface area contributed by atoms with E-state index in [2.05, 4.69) is 15.9 Å². The van der Waals surface area contributed by atoms with Crippen LogP contribution in [0.4, 0.5) is 0 Å². The number of ether oxygens (including phenoxy) is 1. The first-order valence-corrected chi connectivity index (χ1v) is 10.2. The summed E-state index contributed by atoms with van der Waals surface area (Å²) in [5, 5.41) is 0. The van der Waals surface area contributed by atoms with Crippen LogP contribution in [0.1, 0.15) is 36.6 Å². The first-order chi connectivity index (χ1) is 13.0. The van der Waals surface area contributed by atoms with Gasteiger partial charge >= 0.3 is 0 Å². The van der Waals surface area contributed by atoms with Gasteiger partial charge in [0.25, 0.3) is 5.56 Å². The van der Waals surface area contributed by atoms with Crippen molar-refractivity contribution < 1.29 is 9.53 Å². The van der Waals surface area contributed by atoms with E-state index in [0.717, 1.165) is 35.0 Å². The van der Waals surface area contributed by atoms with E-state index in [1.807, 2.05) is 46.7 Å². The maximum atomic E-state index is 12.3. The number of rotatable bonds is 6. The van der Waals surface area contributed by atoms with Crippen molar-refractivity contribution in [1.82, 2.24) is 9.47 Å². The van der Waals surface area contributed by atoms with Gasteiger partial charge in [-0.3, -0.25) is 9.59 Å². The highest BCUT2D eigenvalue weighted by Gasteiger charge is 2.32. The van der Waals surface area contributed by atoms with Gasteiger partial charge < -0.3 is 14.2 Å². The number of aromatic nitrogens is 1. The molecule has 1 aliphatic heterocycles. The lowest BCUT2D eigenvalue weighted by Crippen LogP contribution is -2.56. The number of benzene rings is 1. The Morgan fingerprint density at radius 2 is 1.96 bits per heavy atom. The lowest BCUT2D eigenvalue weighted by molar-refractivity contribution is -0.139. The minimum Gasteiger partial charge on any atom is -0.486 e. The molecule has 1 aliphatic carbocycles. The Kier molecular flexibility index (Phi) is 5.08. The van der Waals surface area contributed by atoms with Gasteiger partial charge in [0.1, 0.15) is 11.9 Å². The molecule has 4 rings (SSSR count). The Morgan fingerprint density at radius 1 is 1.22 bits per heavy atom. The van der Waals surface area contributed by atoms with E-state index in [-0.39, 0.29) is 17.6 Å². The zero-order valence-electron chi connectivity index (χ0n) is 15.4. The Morgan fingerprint density at radius 3 is 2.63 bits per heavy atom. The van der Waals surface area contributed by atoms with Gasteiger partial charge in [0.15, 0.2) is 0 Å². The summed E-state index contributed by atoms with van der Waals surface area (Å²) in [4.78, 5) is 26.4. The molecule has 1 saturated heterocycles. The normalized spacial score (nSPS) is 16.9. The van der Waals surface area contributed by atoms with Crippen molar-refractivity contribution in [3.63, 3.8) is 0 Å². The van der Waals surface area contributed by atoms with Gasteiger partial charge in [-0.1, -0.05) is 34.1 Å². The molecule has 6 heteroatoms. The quantitative estimate of drug-likeness (QED) is 0.704. The Hall–Kier alpha value is -2.08. The van der Waals surface area contributed by atoms with Crippen molar-refractivity contribution in [3.8, 4) is 5.75 Å². The van der Waals surface area contributed by atoms with Gasteiger partial charge in [0.2, 0.25) is 5.91 Å². The van der Waals surface area contributed by atoms with E-state index in [9.17, 15) is 9.59 Å². The molecule has 2 aliphatic rings. The van der Waals surface area contributed by atoms with Gasteiger partial charge in [-0.25, -0.2) is 0 Å². The molecule has 2 heterocycles. The maximum Gasteiger partial charge on any atom is 0.254 e. The highest BCUT2D eigenvalue weighted by molar-refractivity contribution is 9.10. The summed E-state index contributed by atoms with van der Waals surface area (Å²) in [5.74, 6) is 0.755. The first kappa shape index (κ1) is 18.3. The third-order valence-electron chi connectivity index (χ3n) is 5.22. The predicted molar refractivity (Wildman–Crippen MR) is 107 cm³/mol. The number of carbonyl (C=O) groups is 1. The summed E-state index contributed by atoms with van der Waals surface area (Å²) in [5.41, 5.74) is 2.10.